The van der Waals surface area contributed by atoms with Gasteiger partial charge in [0, 0.05) is 24.4 Å². The van der Waals surface area contributed by atoms with Gasteiger partial charge in [-0.05, 0) is 42.9 Å². The monoisotopic (exact) mass is 342 g/mol. The third-order valence-corrected chi connectivity index (χ3v) is 4.64. The van der Waals surface area contributed by atoms with Crippen molar-refractivity contribution in [3.63, 3.8) is 0 Å². The fraction of sp³-hybridized carbons (Fsp3) is 0.400. The van der Waals surface area contributed by atoms with Crippen molar-refractivity contribution in [2.75, 3.05) is 13.1 Å². The molecule has 0 saturated carbocycles. The summed E-state index contributed by atoms with van der Waals surface area (Å²) in [4.78, 5) is 2.15. The molecule has 0 spiro atoms. The number of nitrogens with zero attached hydrogens (tertiary/aromatic N) is 1. The highest BCUT2D eigenvalue weighted by atomic mass is 16.3. The van der Waals surface area contributed by atoms with E-state index in [1.54, 1.807) is 24.3 Å². The number of hydrogen-bond donors (Lipinski definition) is 4. The fourth-order valence-electron chi connectivity index (χ4n) is 3.30. The van der Waals surface area contributed by atoms with E-state index in [9.17, 15) is 5.11 Å². The molecule has 2 rings (SSSR count). The van der Waals surface area contributed by atoms with Gasteiger partial charge in [-0.15, -0.1) is 0 Å². The van der Waals surface area contributed by atoms with Gasteiger partial charge in [0.1, 0.15) is 11.6 Å². The average Bonchev–Trinajstić information content (AvgIpc) is 2.55. The predicted octanol–water partition coefficient (Wildman–Crippen LogP) is 2.70. The van der Waals surface area contributed by atoms with Crippen LogP contribution in [-0.4, -0.2) is 23.1 Å². The Bertz CT molecular complexity index is 674. The van der Waals surface area contributed by atoms with Crippen LogP contribution in [0.4, 0.5) is 0 Å². The van der Waals surface area contributed by atoms with E-state index < -0.39 is 0 Å². The summed E-state index contributed by atoms with van der Waals surface area (Å²) >= 11 is 0. The van der Waals surface area contributed by atoms with Gasteiger partial charge in [-0.1, -0.05) is 38.1 Å². The van der Waals surface area contributed by atoms with Crippen molar-refractivity contribution in [3.8, 4) is 5.75 Å². The van der Waals surface area contributed by atoms with Crippen LogP contribution in [0.15, 0.2) is 54.0 Å². The molecule has 136 valence electrons. The van der Waals surface area contributed by atoms with E-state index in [-0.39, 0.29) is 11.6 Å². The normalized spacial score (nSPS) is 22.8. The van der Waals surface area contributed by atoms with Crippen molar-refractivity contribution in [2.45, 2.75) is 26.7 Å². The number of phenols is 1. The summed E-state index contributed by atoms with van der Waals surface area (Å²) in [6.45, 7) is 6.06. The van der Waals surface area contributed by atoms with Crippen molar-refractivity contribution in [1.82, 2.24) is 4.90 Å². The van der Waals surface area contributed by atoms with Crippen LogP contribution in [0.3, 0.4) is 0 Å². The topological polar surface area (TPSA) is 102 Å². The standard InChI is InChI=1S/C20H30N4O/c1-3-15-7-6-10-24(13-14(2)11-15)18(20(22)23)12-17(21)16-8-4-5-9-19(16)25/h4-9,12,14-15,25H,3,10-11,13,21-23H2,1-2H3/b7-6-,17-12-/t14-,15+/m0/s1. The van der Waals surface area contributed by atoms with Gasteiger partial charge in [0.25, 0.3) is 0 Å². The summed E-state index contributed by atoms with van der Waals surface area (Å²) in [5, 5.41) is 10.00. The Morgan fingerprint density at radius 3 is 2.64 bits per heavy atom. The van der Waals surface area contributed by atoms with Gasteiger partial charge in [-0.25, -0.2) is 0 Å². The van der Waals surface area contributed by atoms with Crippen molar-refractivity contribution in [1.29, 1.82) is 0 Å². The molecule has 1 aromatic carbocycles. The molecule has 0 aliphatic carbocycles. The Hall–Kier alpha value is -2.56. The van der Waals surface area contributed by atoms with Crippen LogP contribution in [0.5, 0.6) is 5.75 Å². The zero-order valence-corrected chi connectivity index (χ0v) is 15.2. The van der Waals surface area contributed by atoms with Crippen molar-refractivity contribution in [3.05, 3.63) is 59.6 Å². The van der Waals surface area contributed by atoms with Gasteiger partial charge < -0.3 is 27.2 Å². The van der Waals surface area contributed by atoms with Crippen molar-refractivity contribution < 1.29 is 5.11 Å². The summed E-state index contributed by atoms with van der Waals surface area (Å²) in [6.07, 6.45) is 8.50. The highest BCUT2D eigenvalue weighted by molar-refractivity contribution is 5.69. The second kappa shape index (κ2) is 8.51. The predicted molar refractivity (Wildman–Crippen MR) is 104 cm³/mol. The Morgan fingerprint density at radius 2 is 2.00 bits per heavy atom. The molecule has 0 amide bonds. The maximum atomic E-state index is 10.00. The Labute approximate surface area is 150 Å². The Balaban J connectivity index is 2.31. The lowest BCUT2D eigenvalue weighted by molar-refractivity contribution is 0.287. The number of para-hydroxylation sites is 1. The van der Waals surface area contributed by atoms with Crippen LogP contribution in [0.1, 0.15) is 32.3 Å². The minimum Gasteiger partial charge on any atom is -0.507 e. The summed E-state index contributed by atoms with van der Waals surface area (Å²) in [5.41, 5.74) is 19.8. The molecule has 5 nitrogen and oxygen atoms in total. The number of nitrogens with two attached hydrogens (primary N) is 3. The third-order valence-electron chi connectivity index (χ3n) is 4.64. The summed E-state index contributed by atoms with van der Waals surface area (Å²) in [7, 11) is 0. The maximum Gasteiger partial charge on any atom is 0.124 e. The van der Waals surface area contributed by atoms with Crippen molar-refractivity contribution in [2.24, 2.45) is 29.0 Å². The van der Waals surface area contributed by atoms with Crippen LogP contribution in [0, 0.1) is 11.8 Å². The van der Waals surface area contributed by atoms with E-state index in [0.717, 1.165) is 25.9 Å². The zero-order chi connectivity index (χ0) is 18.4. The summed E-state index contributed by atoms with van der Waals surface area (Å²) in [5.74, 6) is 1.51. The molecule has 0 aromatic heterocycles. The molecule has 0 radical (unpaired) electrons. The van der Waals surface area contributed by atoms with E-state index in [1.807, 2.05) is 6.07 Å². The number of rotatable bonds is 4. The average molecular weight is 342 g/mol. The molecule has 0 bridgehead atoms. The lowest BCUT2D eigenvalue weighted by Crippen LogP contribution is -2.33. The molecule has 0 saturated heterocycles. The number of aromatic hydroxyl groups is 1. The van der Waals surface area contributed by atoms with Gasteiger partial charge in [-0.2, -0.15) is 0 Å². The van der Waals surface area contributed by atoms with Gasteiger partial charge >= 0.3 is 0 Å². The van der Waals surface area contributed by atoms with Crippen molar-refractivity contribution >= 4 is 5.70 Å². The number of hydrogen-bond acceptors (Lipinski definition) is 5. The number of phenolic OH excluding ortho intramolecular Hbond substituents is 1. The number of allylic oxidation sites excluding steroid dienone is 2. The maximum absolute atomic E-state index is 10.00. The molecule has 2 atom stereocenters. The SMILES string of the molecule is CC[C@@H]1/C=C\CN(C(/C=C(\N)c2ccccc2O)=C(N)N)C[C@@H](C)C1. The molecule has 25 heavy (non-hydrogen) atoms. The van der Waals surface area contributed by atoms with Crippen LogP contribution < -0.4 is 17.2 Å². The minimum atomic E-state index is 0.137. The zero-order valence-electron chi connectivity index (χ0n) is 15.2. The molecule has 7 N–H and O–H groups in total. The lowest BCUT2D eigenvalue weighted by Gasteiger charge is -2.31. The van der Waals surface area contributed by atoms with E-state index in [0.29, 0.717) is 28.8 Å². The quantitative estimate of drug-likeness (QED) is 0.498. The van der Waals surface area contributed by atoms with Gasteiger partial charge in [0.2, 0.25) is 0 Å². The molecule has 0 fully saturated rings. The fourth-order valence-corrected chi connectivity index (χ4v) is 3.30. The first-order valence-electron chi connectivity index (χ1n) is 8.84. The van der Waals surface area contributed by atoms with E-state index >= 15 is 0 Å². The largest absolute Gasteiger partial charge is 0.507 e. The van der Waals surface area contributed by atoms with Gasteiger partial charge in [-0.3, -0.25) is 0 Å². The van der Waals surface area contributed by atoms with Crippen LogP contribution in [-0.2, 0) is 0 Å². The van der Waals surface area contributed by atoms with Crippen LogP contribution in [0.2, 0.25) is 0 Å². The summed E-state index contributed by atoms with van der Waals surface area (Å²) < 4.78 is 0. The van der Waals surface area contributed by atoms with Gasteiger partial charge in [0.15, 0.2) is 0 Å². The van der Waals surface area contributed by atoms with Gasteiger partial charge in [0.05, 0.1) is 5.70 Å². The van der Waals surface area contributed by atoms with Crippen LogP contribution in [0.25, 0.3) is 5.70 Å². The number of benzene rings is 1. The molecule has 1 aliphatic rings. The molecule has 1 heterocycles. The first kappa shape index (κ1) is 18.8. The molecule has 5 heteroatoms. The first-order valence-corrected chi connectivity index (χ1v) is 8.84. The first-order chi connectivity index (χ1) is 11.9. The second-order valence-electron chi connectivity index (χ2n) is 6.80. The third kappa shape index (κ3) is 4.95. The smallest absolute Gasteiger partial charge is 0.124 e. The second-order valence-corrected chi connectivity index (χ2v) is 6.80. The highest BCUT2D eigenvalue weighted by Gasteiger charge is 2.19. The molecule has 1 aromatic rings. The molecule has 1 aliphatic heterocycles. The Morgan fingerprint density at radius 1 is 1.28 bits per heavy atom. The molecular weight excluding hydrogens is 312 g/mol. The Kier molecular flexibility index (Phi) is 6.39. The molecular formula is C20H30N4O. The lowest BCUT2D eigenvalue weighted by atomic mass is 9.91. The highest BCUT2D eigenvalue weighted by Crippen LogP contribution is 2.26. The van der Waals surface area contributed by atoms with E-state index in [4.69, 9.17) is 17.2 Å². The van der Waals surface area contributed by atoms with Crippen LogP contribution >= 0.6 is 0 Å². The van der Waals surface area contributed by atoms with E-state index in [1.165, 1.54) is 0 Å². The summed E-state index contributed by atoms with van der Waals surface area (Å²) in [6, 6.07) is 6.97. The van der Waals surface area contributed by atoms with E-state index in [2.05, 4.69) is 30.9 Å². The molecule has 0 unspecified atom stereocenters. The minimum absolute atomic E-state index is 0.137.